The predicted molar refractivity (Wildman–Crippen MR) is 88.4 cm³/mol. The van der Waals surface area contributed by atoms with Gasteiger partial charge in [0.2, 0.25) is 5.91 Å². The number of nitrogen functional groups attached to an aromatic ring is 1. The number of hydrogen-bond acceptors (Lipinski definition) is 6. The first kappa shape index (κ1) is 18.4. The van der Waals surface area contributed by atoms with Crippen LogP contribution in [-0.2, 0) is 4.79 Å². The number of halogens is 2. The molecule has 2 amide bonds. The van der Waals surface area contributed by atoms with E-state index in [1.807, 2.05) is 0 Å². The fraction of sp³-hybridized carbons (Fsp3) is 0.143. The van der Waals surface area contributed by atoms with E-state index in [1.54, 1.807) is 0 Å². The van der Waals surface area contributed by atoms with Crippen LogP contribution in [0.25, 0.3) is 0 Å². The van der Waals surface area contributed by atoms with Crippen LogP contribution in [0.5, 0.6) is 0 Å². The molecule has 0 aliphatic carbocycles. The highest BCUT2D eigenvalue weighted by atomic mass is 32.2. The van der Waals surface area contributed by atoms with Crippen molar-refractivity contribution in [1.82, 2.24) is 15.3 Å². The molecule has 1 aromatic carbocycles. The van der Waals surface area contributed by atoms with E-state index in [-0.39, 0.29) is 33.9 Å². The molecule has 132 valence electrons. The number of nitrogens with two attached hydrogens (primary N) is 1. The van der Waals surface area contributed by atoms with E-state index in [1.165, 1.54) is 7.05 Å². The molecule has 0 aliphatic rings. The van der Waals surface area contributed by atoms with Gasteiger partial charge in [-0.2, -0.15) is 0 Å². The minimum Gasteiger partial charge on any atom is -0.382 e. The minimum atomic E-state index is -1.20. The molecule has 8 nitrogen and oxygen atoms in total. The molecule has 0 aliphatic heterocycles. The van der Waals surface area contributed by atoms with Gasteiger partial charge in [0, 0.05) is 12.6 Å². The zero-order valence-corrected chi connectivity index (χ0v) is 13.7. The summed E-state index contributed by atoms with van der Waals surface area (Å²) in [6.07, 6.45) is 0. The number of carbonyl (C=O) groups excluding carboxylic acids is 2. The van der Waals surface area contributed by atoms with Gasteiger partial charge in [-0.15, -0.1) is 0 Å². The Balaban J connectivity index is 2.19. The number of nitrogens with zero attached hydrogens (tertiary/aromatic N) is 1. The molecular formula is C14H13F2N5O3S. The summed E-state index contributed by atoms with van der Waals surface area (Å²) in [6.45, 7) is 0. The monoisotopic (exact) mass is 369 g/mol. The van der Waals surface area contributed by atoms with Crippen molar-refractivity contribution in [2.45, 2.75) is 5.16 Å². The first-order valence-electron chi connectivity index (χ1n) is 6.81. The molecule has 0 unspecified atom stereocenters. The molecule has 0 bridgehead atoms. The third-order valence-electron chi connectivity index (χ3n) is 2.96. The first-order valence-corrected chi connectivity index (χ1v) is 7.80. The maximum atomic E-state index is 13.2. The van der Waals surface area contributed by atoms with Gasteiger partial charge in [0.15, 0.2) is 22.6 Å². The predicted octanol–water partition coefficient (Wildman–Crippen LogP) is 0.721. The number of hydrogen-bond donors (Lipinski definition) is 4. The van der Waals surface area contributed by atoms with Crippen LogP contribution < -0.4 is 21.9 Å². The maximum Gasteiger partial charge on any atom is 0.277 e. The number of benzene rings is 1. The lowest BCUT2D eigenvalue weighted by Crippen LogP contribution is -2.24. The Morgan fingerprint density at radius 1 is 1.32 bits per heavy atom. The van der Waals surface area contributed by atoms with E-state index in [0.29, 0.717) is 6.07 Å². The molecule has 0 atom stereocenters. The van der Waals surface area contributed by atoms with Crippen LogP contribution >= 0.6 is 11.8 Å². The lowest BCUT2D eigenvalue weighted by atomic mass is 10.2. The Kier molecular flexibility index (Phi) is 5.70. The molecular weight excluding hydrogens is 356 g/mol. The smallest absolute Gasteiger partial charge is 0.277 e. The first-order chi connectivity index (χ1) is 11.8. The second kappa shape index (κ2) is 7.75. The Labute approximate surface area is 144 Å². The number of rotatable bonds is 5. The molecule has 0 radical (unpaired) electrons. The van der Waals surface area contributed by atoms with Crippen molar-refractivity contribution in [3.05, 3.63) is 45.8 Å². The van der Waals surface area contributed by atoms with Gasteiger partial charge in [-0.05, 0) is 18.2 Å². The van der Waals surface area contributed by atoms with Gasteiger partial charge in [-0.3, -0.25) is 19.4 Å². The zero-order chi connectivity index (χ0) is 18.6. The van der Waals surface area contributed by atoms with Gasteiger partial charge in [0.25, 0.3) is 11.5 Å². The van der Waals surface area contributed by atoms with Crippen molar-refractivity contribution in [3.63, 3.8) is 0 Å². The molecule has 25 heavy (non-hydrogen) atoms. The van der Waals surface area contributed by atoms with E-state index in [2.05, 4.69) is 20.6 Å². The lowest BCUT2D eigenvalue weighted by Gasteiger charge is -2.08. The van der Waals surface area contributed by atoms with Crippen LogP contribution in [0.15, 0.2) is 28.2 Å². The van der Waals surface area contributed by atoms with Crippen LogP contribution in [0.2, 0.25) is 0 Å². The summed E-state index contributed by atoms with van der Waals surface area (Å²) in [6, 6.07) is 2.53. The number of aromatic amines is 1. The molecule has 0 spiro atoms. The largest absolute Gasteiger partial charge is 0.382 e. The third-order valence-corrected chi connectivity index (χ3v) is 3.84. The van der Waals surface area contributed by atoms with Crippen LogP contribution in [0.3, 0.4) is 0 Å². The van der Waals surface area contributed by atoms with Gasteiger partial charge in [-0.1, -0.05) is 11.8 Å². The Morgan fingerprint density at radius 3 is 2.64 bits per heavy atom. The van der Waals surface area contributed by atoms with Crippen molar-refractivity contribution in [1.29, 1.82) is 0 Å². The molecule has 1 heterocycles. The number of thioether (sulfide) groups is 1. The van der Waals surface area contributed by atoms with E-state index >= 15 is 0 Å². The third kappa shape index (κ3) is 4.53. The van der Waals surface area contributed by atoms with Crippen LogP contribution in [0, 0.1) is 11.6 Å². The highest BCUT2D eigenvalue weighted by molar-refractivity contribution is 7.99. The lowest BCUT2D eigenvalue weighted by molar-refractivity contribution is -0.118. The summed E-state index contributed by atoms with van der Waals surface area (Å²) in [5.74, 6) is -3.70. The number of anilines is 2. The van der Waals surface area contributed by atoms with Gasteiger partial charge >= 0.3 is 0 Å². The summed E-state index contributed by atoms with van der Waals surface area (Å²) >= 11 is 0.946. The number of H-pyrrole nitrogens is 1. The highest BCUT2D eigenvalue weighted by Crippen LogP contribution is 2.17. The number of amides is 2. The van der Waals surface area contributed by atoms with Gasteiger partial charge in [-0.25, -0.2) is 13.8 Å². The molecule has 0 saturated carbocycles. The van der Waals surface area contributed by atoms with Gasteiger partial charge in [0.05, 0.1) is 5.75 Å². The molecule has 0 saturated heterocycles. The SMILES string of the molecule is CNC(=O)CSc1nc(N)c(NC(=O)c2ccc(F)c(F)c2)c(=O)[nH]1. The average Bonchev–Trinajstić information content (AvgIpc) is 2.58. The van der Waals surface area contributed by atoms with Crippen LogP contribution in [-0.4, -0.2) is 34.6 Å². The number of nitrogens with one attached hydrogen (secondary N) is 3. The van der Waals surface area contributed by atoms with Gasteiger partial charge < -0.3 is 16.4 Å². The number of aromatic nitrogens is 2. The maximum absolute atomic E-state index is 13.2. The average molecular weight is 369 g/mol. The molecule has 1 aromatic heterocycles. The summed E-state index contributed by atoms with van der Waals surface area (Å²) in [5.41, 5.74) is 4.37. The van der Waals surface area contributed by atoms with E-state index in [9.17, 15) is 23.2 Å². The Bertz CT molecular complexity index is 887. The summed E-state index contributed by atoms with van der Waals surface area (Å²) in [5, 5.41) is 4.69. The van der Waals surface area contributed by atoms with Gasteiger partial charge in [0.1, 0.15) is 5.69 Å². The Morgan fingerprint density at radius 2 is 2.04 bits per heavy atom. The highest BCUT2D eigenvalue weighted by Gasteiger charge is 2.16. The minimum absolute atomic E-state index is 0.0133. The van der Waals surface area contributed by atoms with E-state index in [0.717, 1.165) is 23.9 Å². The topological polar surface area (TPSA) is 130 Å². The summed E-state index contributed by atoms with van der Waals surface area (Å²) < 4.78 is 26.1. The van der Waals surface area contributed by atoms with Crippen molar-refractivity contribution < 1.29 is 18.4 Å². The standard InChI is InChI=1S/C14H13F2N5O3S/c1-18-9(22)5-25-14-20-11(17)10(13(24)21-14)19-12(23)6-2-3-7(15)8(16)4-6/h2-4H,5H2,1H3,(H,18,22)(H,19,23)(H3,17,20,21,24). The molecule has 11 heteroatoms. The quantitative estimate of drug-likeness (QED) is 0.454. The fourth-order valence-electron chi connectivity index (χ4n) is 1.69. The van der Waals surface area contributed by atoms with E-state index < -0.39 is 23.1 Å². The summed E-state index contributed by atoms with van der Waals surface area (Å²) in [7, 11) is 1.46. The fourth-order valence-corrected chi connectivity index (χ4v) is 2.43. The van der Waals surface area contributed by atoms with Crippen molar-refractivity contribution in [2.24, 2.45) is 0 Å². The second-order valence-corrected chi connectivity index (χ2v) is 5.64. The van der Waals surface area contributed by atoms with Crippen molar-refractivity contribution >= 4 is 35.1 Å². The molecule has 0 fully saturated rings. The molecule has 2 rings (SSSR count). The van der Waals surface area contributed by atoms with E-state index in [4.69, 9.17) is 5.73 Å². The number of carbonyl (C=O) groups is 2. The summed E-state index contributed by atoms with van der Waals surface area (Å²) in [4.78, 5) is 41.5. The van der Waals surface area contributed by atoms with Crippen LogP contribution in [0.1, 0.15) is 10.4 Å². The zero-order valence-electron chi connectivity index (χ0n) is 12.9. The molecule has 5 N–H and O–H groups in total. The van der Waals surface area contributed by atoms with Crippen molar-refractivity contribution in [2.75, 3.05) is 23.9 Å². The molecule has 2 aromatic rings. The Hall–Kier alpha value is -2.95. The second-order valence-electron chi connectivity index (χ2n) is 4.68. The van der Waals surface area contributed by atoms with Crippen molar-refractivity contribution in [3.8, 4) is 0 Å². The normalized spacial score (nSPS) is 10.4. The van der Waals surface area contributed by atoms with Crippen LogP contribution in [0.4, 0.5) is 20.3 Å².